The molecule has 21 heavy (non-hydrogen) atoms. The fourth-order valence-corrected chi connectivity index (χ4v) is 3.24. The normalized spacial score (nSPS) is 16.4. The van der Waals surface area contributed by atoms with Gasteiger partial charge >= 0.3 is 5.97 Å². The van der Waals surface area contributed by atoms with E-state index in [1.54, 1.807) is 16.2 Å². The number of carbonyl (C=O) groups excluding carboxylic acids is 1. The molecule has 2 rings (SSSR count). The molecule has 1 N–H and O–H groups in total. The molecule has 1 aromatic heterocycles. The number of carboxylic acid groups (broad SMARTS) is 1. The molecule has 2 heterocycles. The Morgan fingerprint density at radius 1 is 1.43 bits per heavy atom. The van der Waals surface area contributed by atoms with E-state index in [9.17, 15) is 9.59 Å². The van der Waals surface area contributed by atoms with Crippen LogP contribution in [0.25, 0.3) is 0 Å². The number of thiophene rings is 1. The van der Waals surface area contributed by atoms with Crippen LogP contribution in [0.15, 0.2) is 17.5 Å². The summed E-state index contributed by atoms with van der Waals surface area (Å²) in [5.41, 5.74) is 0. The maximum atomic E-state index is 12.2. The highest BCUT2D eigenvalue weighted by Crippen LogP contribution is 2.17. The summed E-state index contributed by atoms with van der Waals surface area (Å²) in [4.78, 5) is 28.2. The first-order valence-electron chi connectivity index (χ1n) is 7.28. The highest BCUT2D eigenvalue weighted by atomic mass is 32.1. The summed E-state index contributed by atoms with van der Waals surface area (Å²) in [6, 6.07) is 4.15. The third-order valence-electron chi connectivity index (χ3n) is 3.92. The lowest BCUT2D eigenvalue weighted by Crippen LogP contribution is -2.44. The number of rotatable bonds is 6. The Bertz CT molecular complexity index is 467. The molecule has 1 aliphatic heterocycles. The first kappa shape index (κ1) is 16.0. The Hall–Kier alpha value is -1.40. The van der Waals surface area contributed by atoms with E-state index in [2.05, 4.69) is 11.4 Å². The number of likely N-dealkylation sites (tertiary alicyclic amines) is 1. The summed E-state index contributed by atoms with van der Waals surface area (Å²) < 4.78 is 0. The van der Waals surface area contributed by atoms with Crippen molar-refractivity contribution in [2.45, 2.75) is 19.3 Å². The zero-order valence-corrected chi connectivity index (χ0v) is 13.1. The van der Waals surface area contributed by atoms with E-state index >= 15 is 0 Å². The van der Waals surface area contributed by atoms with Gasteiger partial charge in [0.25, 0.3) is 0 Å². The van der Waals surface area contributed by atoms with Gasteiger partial charge in [0.1, 0.15) is 0 Å². The van der Waals surface area contributed by atoms with Crippen LogP contribution < -0.4 is 0 Å². The maximum Gasteiger partial charge on any atom is 0.306 e. The SMILES string of the molecule is CN(CCc1cccs1)CC(=O)N1CCC(C(=O)O)CC1. The van der Waals surface area contributed by atoms with Crippen molar-refractivity contribution < 1.29 is 14.7 Å². The first-order chi connectivity index (χ1) is 10.1. The van der Waals surface area contributed by atoms with Crippen molar-refractivity contribution in [1.82, 2.24) is 9.80 Å². The molecule has 0 aliphatic carbocycles. The van der Waals surface area contributed by atoms with Gasteiger partial charge in [0.15, 0.2) is 0 Å². The van der Waals surface area contributed by atoms with Gasteiger partial charge in [0, 0.05) is 24.5 Å². The molecule has 0 bridgehead atoms. The molecule has 1 saturated heterocycles. The summed E-state index contributed by atoms with van der Waals surface area (Å²) in [6.45, 7) is 2.39. The number of aliphatic carboxylic acids is 1. The van der Waals surface area contributed by atoms with Crippen molar-refractivity contribution in [1.29, 1.82) is 0 Å². The van der Waals surface area contributed by atoms with Gasteiger partial charge in [-0.1, -0.05) is 6.07 Å². The number of carboxylic acids is 1. The predicted octanol–water partition coefficient (Wildman–Crippen LogP) is 1.55. The van der Waals surface area contributed by atoms with Crippen molar-refractivity contribution >= 4 is 23.2 Å². The summed E-state index contributed by atoms with van der Waals surface area (Å²) in [7, 11) is 1.95. The monoisotopic (exact) mass is 310 g/mol. The maximum absolute atomic E-state index is 12.2. The summed E-state index contributed by atoms with van der Waals surface area (Å²) in [6.07, 6.45) is 2.10. The first-order valence-corrected chi connectivity index (χ1v) is 8.15. The van der Waals surface area contributed by atoms with Crippen LogP contribution in [0.1, 0.15) is 17.7 Å². The van der Waals surface area contributed by atoms with Crippen molar-refractivity contribution in [2.75, 3.05) is 33.2 Å². The molecule has 0 saturated carbocycles. The lowest BCUT2D eigenvalue weighted by atomic mass is 9.97. The van der Waals surface area contributed by atoms with Gasteiger partial charge in [-0.05, 0) is 37.8 Å². The van der Waals surface area contributed by atoms with Gasteiger partial charge < -0.3 is 10.0 Å². The van der Waals surface area contributed by atoms with E-state index in [-0.39, 0.29) is 11.8 Å². The number of piperidine rings is 1. The number of amides is 1. The van der Waals surface area contributed by atoms with E-state index in [0.29, 0.717) is 32.5 Å². The summed E-state index contributed by atoms with van der Waals surface area (Å²) >= 11 is 1.74. The van der Waals surface area contributed by atoms with Gasteiger partial charge in [0.05, 0.1) is 12.5 Å². The van der Waals surface area contributed by atoms with Gasteiger partial charge in [-0.25, -0.2) is 0 Å². The van der Waals surface area contributed by atoms with Gasteiger partial charge in [-0.3, -0.25) is 14.5 Å². The highest BCUT2D eigenvalue weighted by molar-refractivity contribution is 7.09. The molecule has 6 heteroatoms. The molecule has 1 aliphatic rings. The predicted molar refractivity (Wildman–Crippen MR) is 82.5 cm³/mol. The molecule has 0 radical (unpaired) electrons. The summed E-state index contributed by atoms with van der Waals surface area (Å²) in [5, 5.41) is 11.0. The lowest BCUT2D eigenvalue weighted by Gasteiger charge is -2.31. The van der Waals surface area contributed by atoms with E-state index in [1.807, 2.05) is 18.0 Å². The molecule has 0 aromatic carbocycles. The Balaban J connectivity index is 1.70. The third kappa shape index (κ3) is 4.82. The number of likely N-dealkylation sites (N-methyl/N-ethyl adjacent to an activating group) is 1. The van der Waals surface area contributed by atoms with Crippen LogP contribution in [0.3, 0.4) is 0 Å². The molecule has 0 spiro atoms. The van der Waals surface area contributed by atoms with E-state index in [0.717, 1.165) is 13.0 Å². The average molecular weight is 310 g/mol. The van der Waals surface area contributed by atoms with Gasteiger partial charge in [-0.15, -0.1) is 11.3 Å². The molecular weight excluding hydrogens is 288 g/mol. The third-order valence-corrected chi connectivity index (χ3v) is 4.86. The van der Waals surface area contributed by atoms with Crippen LogP contribution in [0, 0.1) is 5.92 Å². The van der Waals surface area contributed by atoms with Crippen molar-refractivity contribution in [3.8, 4) is 0 Å². The van der Waals surface area contributed by atoms with Crippen LogP contribution in [-0.2, 0) is 16.0 Å². The zero-order valence-electron chi connectivity index (χ0n) is 12.3. The van der Waals surface area contributed by atoms with Crippen LogP contribution in [0.5, 0.6) is 0 Å². The molecule has 116 valence electrons. The zero-order chi connectivity index (χ0) is 15.2. The van der Waals surface area contributed by atoms with Gasteiger partial charge in [0.2, 0.25) is 5.91 Å². The average Bonchev–Trinajstić information content (AvgIpc) is 2.98. The smallest absolute Gasteiger partial charge is 0.306 e. The number of carbonyl (C=O) groups is 2. The number of hydrogen-bond donors (Lipinski definition) is 1. The lowest BCUT2D eigenvalue weighted by molar-refractivity contribution is -0.145. The van der Waals surface area contributed by atoms with Gasteiger partial charge in [-0.2, -0.15) is 0 Å². The Morgan fingerprint density at radius 2 is 2.14 bits per heavy atom. The molecule has 0 unspecified atom stereocenters. The Morgan fingerprint density at radius 3 is 2.71 bits per heavy atom. The van der Waals surface area contributed by atoms with Crippen LogP contribution in [0.2, 0.25) is 0 Å². The second-order valence-corrected chi connectivity index (χ2v) is 6.59. The number of hydrogen-bond acceptors (Lipinski definition) is 4. The molecule has 1 fully saturated rings. The topological polar surface area (TPSA) is 60.9 Å². The quantitative estimate of drug-likeness (QED) is 0.866. The second kappa shape index (κ2) is 7.56. The molecule has 1 amide bonds. The van der Waals surface area contributed by atoms with Crippen LogP contribution in [-0.4, -0.2) is 60.0 Å². The number of nitrogens with zero attached hydrogens (tertiary/aromatic N) is 2. The standard InChI is InChI=1S/C15H22N2O3S/c1-16(7-6-13-3-2-10-21-13)11-14(18)17-8-4-12(5-9-17)15(19)20/h2-3,10,12H,4-9,11H2,1H3,(H,19,20). The molecular formula is C15H22N2O3S. The second-order valence-electron chi connectivity index (χ2n) is 5.56. The minimum atomic E-state index is -0.741. The molecule has 1 aromatic rings. The van der Waals surface area contributed by atoms with Crippen molar-refractivity contribution in [2.24, 2.45) is 5.92 Å². The van der Waals surface area contributed by atoms with Crippen molar-refractivity contribution in [3.63, 3.8) is 0 Å². The minimum Gasteiger partial charge on any atom is -0.481 e. The summed E-state index contributed by atoms with van der Waals surface area (Å²) in [5.74, 6) is -0.923. The Kier molecular flexibility index (Phi) is 5.76. The molecule has 0 atom stereocenters. The minimum absolute atomic E-state index is 0.104. The largest absolute Gasteiger partial charge is 0.481 e. The Labute approximate surface area is 129 Å². The van der Waals surface area contributed by atoms with Crippen LogP contribution >= 0.6 is 11.3 Å². The van der Waals surface area contributed by atoms with E-state index < -0.39 is 5.97 Å². The fourth-order valence-electron chi connectivity index (χ4n) is 2.54. The van der Waals surface area contributed by atoms with Crippen LogP contribution in [0.4, 0.5) is 0 Å². The molecule has 5 nitrogen and oxygen atoms in total. The van der Waals surface area contributed by atoms with Crippen molar-refractivity contribution in [3.05, 3.63) is 22.4 Å². The highest BCUT2D eigenvalue weighted by Gasteiger charge is 2.27. The fraction of sp³-hybridized carbons (Fsp3) is 0.600. The van der Waals surface area contributed by atoms with E-state index in [1.165, 1.54) is 4.88 Å². The van der Waals surface area contributed by atoms with E-state index in [4.69, 9.17) is 5.11 Å².